The Bertz CT molecular complexity index is 392. The van der Waals surface area contributed by atoms with Crippen LogP contribution in [0.1, 0.15) is 6.42 Å². The lowest BCUT2D eigenvalue weighted by atomic mass is 10.2. The maximum atomic E-state index is 12.2. The lowest BCUT2D eigenvalue weighted by Crippen LogP contribution is -2.45. The Morgan fingerprint density at radius 2 is 2.00 bits per heavy atom. The first-order chi connectivity index (χ1) is 7.59. The molecule has 1 atom stereocenters. The van der Waals surface area contributed by atoms with Crippen LogP contribution in [0.4, 0.5) is 13.2 Å². The predicted octanol–water partition coefficient (Wildman–Crippen LogP) is 0.122. The first-order valence-corrected chi connectivity index (χ1v) is 6.64. The Balaban J connectivity index is 2.73. The Hall–Kier alpha value is -0.830. The summed E-state index contributed by atoms with van der Waals surface area (Å²) in [5.74, 6) is -2.00. The van der Waals surface area contributed by atoms with Crippen LogP contribution in [0.5, 0.6) is 0 Å². The second-order valence-corrected chi connectivity index (χ2v) is 6.20. The van der Waals surface area contributed by atoms with Crippen LogP contribution in [0.2, 0.25) is 0 Å². The standard InChI is InChI=1S/C8H12F3NO4S/c9-8(10,11)5-12(3-7(13)14)6-1-2-17(15,16)4-6/h6H,1-5H2,(H,13,14). The number of nitrogens with zero attached hydrogens (tertiary/aromatic N) is 1. The summed E-state index contributed by atoms with van der Waals surface area (Å²) in [5, 5.41) is 8.51. The van der Waals surface area contributed by atoms with Gasteiger partial charge < -0.3 is 5.11 Å². The van der Waals surface area contributed by atoms with Crippen LogP contribution in [0.3, 0.4) is 0 Å². The minimum absolute atomic E-state index is 0.0473. The van der Waals surface area contributed by atoms with Gasteiger partial charge in [0.05, 0.1) is 24.6 Å². The van der Waals surface area contributed by atoms with E-state index in [1.54, 1.807) is 0 Å². The molecule has 0 saturated carbocycles. The second kappa shape index (κ2) is 4.81. The highest BCUT2D eigenvalue weighted by Gasteiger charge is 2.39. The summed E-state index contributed by atoms with van der Waals surface area (Å²) < 4.78 is 58.9. The van der Waals surface area contributed by atoms with E-state index >= 15 is 0 Å². The van der Waals surface area contributed by atoms with E-state index in [1.165, 1.54) is 0 Å². The molecule has 1 saturated heterocycles. The monoisotopic (exact) mass is 275 g/mol. The van der Waals surface area contributed by atoms with Crippen molar-refractivity contribution >= 4 is 15.8 Å². The van der Waals surface area contributed by atoms with E-state index in [-0.39, 0.29) is 12.2 Å². The van der Waals surface area contributed by atoms with Crippen molar-refractivity contribution in [1.82, 2.24) is 4.90 Å². The number of carboxylic acid groups (broad SMARTS) is 1. The predicted molar refractivity (Wildman–Crippen MR) is 52.3 cm³/mol. The van der Waals surface area contributed by atoms with Gasteiger partial charge in [0.15, 0.2) is 9.84 Å². The molecule has 1 unspecified atom stereocenters. The maximum Gasteiger partial charge on any atom is 0.401 e. The van der Waals surface area contributed by atoms with Crippen LogP contribution >= 0.6 is 0 Å². The summed E-state index contributed by atoms with van der Waals surface area (Å²) in [5.41, 5.74) is 0. The van der Waals surface area contributed by atoms with E-state index in [0.29, 0.717) is 4.90 Å². The fraction of sp³-hybridized carbons (Fsp3) is 0.875. The van der Waals surface area contributed by atoms with Crippen LogP contribution in [-0.2, 0) is 14.6 Å². The van der Waals surface area contributed by atoms with Gasteiger partial charge in [-0.25, -0.2) is 8.42 Å². The number of halogens is 3. The molecule has 0 aliphatic carbocycles. The van der Waals surface area contributed by atoms with Crippen molar-refractivity contribution in [1.29, 1.82) is 0 Å². The molecular weight excluding hydrogens is 263 g/mol. The molecule has 1 rings (SSSR count). The van der Waals surface area contributed by atoms with E-state index in [0.717, 1.165) is 0 Å². The second-order valence-electron chi connectivity index (χ2n) is 3.97. The number of aliphatic carboxylic acids is 1. The molecule has 100 valence electrons. The van der Waals surface area contributed by atoms with Crippen molar-refractivity contribution in [2.75, 3.05) is 24.6 Å². The molecule has 0 radical (unpaired) electrons. The average Bonchev–Trinajstić information content (AvgIpc) is 2.41. The van der Waals surface area contributed by atoms with Gasteiger partial charge in [0.25, 0.3) is 0 Å². The third-order valence-electron chi connectivity index (χ3n) is 2.45. The van der Waals surface area contributed by atoms with E-state index in [4.69, 9.17) is 5.11 Å². The zero-order valence-corrected chi connectivity index (χ0v) is 9.59. The third kappa shape index (κ3) is 4.90. The minimum atomic E-state index is -4.54. The van der Waals surface area contributed by atoms with Crippen molar-refractivity contribution in [3.63, 3.8) is 0 Å². The van der Waals surface area contributed by atoms with Crippen LogP contribution in [-0.4, -0.2) is 61.2 Å². The quantitative estimate of drug-likeness (QED) is 0.789. The van der Waals surface area contributed by atoms with E-state index < -0.39 is 46.9 Å². The van der Waals surface area contributed by atoms with Crippen molar-refractivity contribution in [3.05, 3.63) is 0 Å². The Morgan fingerprint density at radius 1 is 1.41 bits per heavy atom. The highest BCUT2D eigenvalue weighted by atomic mass is 32.2. The molecule has 1 aliphatic heterocycles. The number of carboxylic acids is 1. The molecule has 5 nitrogen and oxygen atoms in total. The highest BCUT2D eigenvalue weighted by molar-refractivity contribution is 7.91. The van der Waals surface area contributed by atoms with Crippen molar-refractivity contribution in [2.45, 2.75) is 18.6 Å². The smallest absolute Gasteiger partial charge is 0.401 e. The number of rotatable bonds is 4. The van der Waals surface area contributed by atoms with Gasteiger partial charge in [0.2, 0.25) is 0 Å². The summed E-state index contributed by atoms with van der Waals surface area (Å²) in [6.07, 6.45) is -4.49. The van der Waals surface area contributed by atoms with Crippen LogP contribution < -0.4 is 0 Å². The van der Waals surface area contributed by atoms with Crippen LogP contribution in [0.15, 0.2) is 0 Å². The van der Waals surface area contributed by atoms with E-state index in [9.17, 15) is 26.4 Å². The molecule has 0 aromatic carbocycles. The molecule has 1 aliphatic rings. The SMILES string of the molecule is O=C(O)CN(CC(F)(F)F)C1CCS(=O)(=O)C1. The van der Waals surface area contributed by atoms with Crippen molar-refractivity contribution in [2.24, 2.45) is 0 Å². The zero-order valence-electron chi connectivity index (χ0n) is 8.77. The Kier molecular flexibility index (Phi) is 4.03. The number of carbonyl (C=O) groups is 1. The Morgan fingerprint density at radius 3 is 2.35 bits per heavy atom. The summed E-state index contributed by atoms with van der Waals surface area (Å²) in [6, 6.07) is -0.863. The van der Waals surface area contributed by atoms with E-state index in [1.807, 2.05) is 0 Å². The maximum absolute atomic E-state index is 12.2. The minimum Gasteiger partial charge on any atom is -0.480 e. The van der Waals surface area contributed by atoms with Crippen LogP contribution in [0, 0.1) is 0 Å². The van der Waals surface area contributed by atoms with Gasteiger partial charge >= 0.3 is 12.1 Å². The first-order valence-electron chi connectivity index (χ1n) is 4.82. The molecule has 1 heterocycles. The zero-order chi connectivity index (χ0) is 13.3. The number of hydrogen-bond acceptors (Lipinski definition) is 4. The fourth-order valence-electron chi connectivity index (χ4n) is 1.78. The molecule has 0 bridgehead atoms. The summed E-state index contributed by atoms with van der Waals surface area (Å²) in [6.45, 7) is -2.21. The topological polar surface area (TPSA) is 74.7 Å². The van der Waals surface area contributed by atoms with Gasteiger partial charge in [-0.1, -0.05) is 0 Å². The summed E-state index contributed by atoms with van der Waals surface area (Å²) >= 11 is 0. The lowest BCUT2D eigenvalue weighted by molar-refractivity contribution is -0.157. The lowest BCUT2D eigenvalue weighted by Gasteiger charge is -2.26. The van der Waals surface area contributed by atoms with Gasteiger partial charge in [-0.3, -0.25) is 9.69 Å². The molecule has 17 heavy (non-hydrogen) atoms. The van der Waals surface area contributed by atoms with Gasteiger partial charge in [-0.2, -0.15) is 13.2 Å². The molecule has 0 spiro atoms. The third-order valence-corrected chi connectivity index (χ3v) is 4.20. The number of alkyl halides is 3. The van der Waals surface area contributed by atoms with Crippen molar-refractivity contribution < 1.29 is 31.5 Å². The first kappa shape index (κ1) is 14.2. The van der Waals surface area contributed by atoms with Crippen LogP contribution in [0.25, 0.3) is 0 Å². The van der Waals surface area contributed by atoms with Gasteiger partial charge in [-0.15, -0.1) is 0 Å². The molecule has 9 heteroatoms. The summed E-state index contributed by atoms with van der Waals surface area (Å²) in [7, 11) is -3.33. The summed E-state index contributed by atoms with van der Waals surface area (Å²) in [4.78, 5) is 11.1. The normalized spacial score (nSPS) is 24.1. The van der Waals surface area contributed by atoms with Gasteiger partial charge in [-0.05, 0) is 6.42 Å². The molecule has 1 fully saturated rings. The average molecular weight is 275 g/mol. The van der Waals surface area contributed by atoms with Crippen molar-refractivity contribution in [3.8, 4) is 0 Å². The molecule has 0 aromatic heterocycles. The Labute approximate surface area is 96.1 Å². The molecule has 1 N–H and O–H groups in total. The highest BCUT2D eigenvalue weighted by Crippen LogP contribution is 2.23. The number of sulfone groups is 1. The molecule has 0 aromatic rings. The molecular formula is C8H12F3NO4S. The fourth-order valence-corrected chi connectivity index (χ4v) is 3.54. The van der Waals surface area contributed by atoms with Gasteiger partial charge in [0, 0.05) is 6.04 Å². The largest absolute Gasteiger partial charge is 0.480 e. The van der Waals surface area contributed by atoms with E-state index in [2.05, 4.69) is 0 Å². The molecule has 0 amide bonds. The number of hydrogen-bond donors (Lipinski definition) is 1. The van der Waals surface area contributed by atoms with Gasteiger partial charge in [0.1, 0.15) is 0 Å².